The predicted octanol–water partition coefficient (Wildman–Crippen LogP) is 3.68. The molecule has 0 aliphatic carbocycles. The van der Waals surface area contributed by atoms with E-state index < -0.39 is 0 Å². The van der Waals surface area contributed by atoms with Crippen LogP contribution in [-0.2, 0) is 6.42 Å². The summed E-state index contributed by atoms with van der Waals surface area (Å²) in [6.07, 6.45) is 1.78. The smallest absolute Gasteiger partial charge is 0.259 e. The van der Waals surface area contributed by atoms with Gasteiger partial charge in [-0.25, -0.2) is 0 Å². The van der Waals surface area contributed by atoms with E-state index in [1.165, 1.54) is 12.1 Å². The van der Waals surface area contributed by atoms with Crippen LogP contribution in [0, 0.1) is 5.92 Å². The molecule has 0 fully saturated rings. The Labute approximate surface area is 111 Å². The monoisotopic (exact) mass is 266 g/mol. The van der Waals surface area contributed by atoms with E-state index in [2.05, 4.69) is 24.0 Å². The number of phenols is 1. The molecule has 0 aliphatic rings. The Hall–Kier alpha value is -1.55. The molecule has 1 aromatic heterocycles. The van der Waals surface area contributed by atoms with Gasteiger partial charge in [-0.1, -0.05) is 30.6 Å². The molecular weight excluding hydrogens is 252 g/mol. The molecule has 0 unspecified atom stereocenters. The van der Waals surface area contributed by atoms with Crippen LogP contribution in [0.15, 0.2) is 22.7 Å². The van der Waals surface area contributed by atoms with Crippen LogP contribution >= 0.6 is 11.6 Å². The molecule has 4 nitrogen and oxygen atoms in total. The minimum absolute atomic E-state index is 0.122. The Morgan fingerprint density at radius 2 is 2.17 bits per heavy atom. The molecule has 18 heavy (non-hydrogen) atoms. The van der Waals surface area contributed by atoms with Gasteiger partial charge in [-0.15, -0.1) is 0 Å². The van der Waals surface area contributed by atoms with Crippen molar-refractivity contribution in [3.05, 3.63) is 29.0 Å². The highest BCUT2D eigenvalue weighted by Gasteiger charge is 2.13. The maximum Gasteiger partial charge on any atom is 0.259 e. The first-order chi connectivity index (χ1) is 8.56. The largest absolute Gasteiger partial charge is 0.508 e. The van der Waals surface area contributed by atoms with Crippen LogP contribution in [0.3, 0.4) is 0 Å². The lowest BCUT2D eigenvalue weighted by Crippen LogP contribution is -1.93. The number of hydrogen-bond donors (Lipinski definition) is 1. The molecule has 1 N–H and O–H groups in total. The standard InChI is InChI=1S/C13H15ClN2O2/c1-8(2)3-6-12-15-13(18-16-12)10-7-9(17)4-5-11(10)14/h4-5,7-8,17H,3,6H2,1-2H3. The van der Waals surface area contributed by atoms with Gasteiger partial charge in [0.15, 0.2) is 5.82 Å². The Morgan fingerprint density at radius 3 is 2.89 bits per heavy atom. The van der Waals surface area contributed by atoms with Gasteiger partial charge >= 0.3 is 0 Å². The second kappa shape index (κ2) is 5.40. The summed E-state index contributed by atoms with van der Waals surface area (Å²) >= 11 is 6.03. The van der Waals surface area contributed by atoms with Gasteiger partial charge in [-0.3, -0.25) is 0 Å². The van der Waals surface area contributed by atoms with Crippen molar-refractivity contribution in [3.63, 3.8) is 0 Å². The lowest BCUT2D eigenvalue weighted by atomic mass is 10.1. The summed E-state index contributed by atoms with van der Waals surface area (Å²) in [6.45, 7) is 4.29. The van der Waals surface area contributed by atoms with Crippen LogP contribution < -0.4 is 0 Å². The number of phenolic OH excluding ortho intramolecular Hbond substituents is 1. The molecule has 96 valence electrons. The van der Waals surface area contributed by atoms with E-state index in [1.807, 2.05) is 0 Å². The highest BCUT2D eigenvalue weighted by Crippen LogP contribution is 2.29. The lowest BCUT2D eigenvalue weighted by Gasteiger charge is -1.99. The topological polar surface area (TPSA) is 59.2 Å². The molecule has 0 bridgehead atoms. The van der Waals surface area contributed by atoms with E-state index in [0.29, 0.717) is 28.2 Å². The normalized spacial score (nSPS) is 11.1. The molecule has 1 aromatic carbocycles. The summed E-state index contributed by atoms with van der Waals surface area (Å²) in [5.74, 6) is 1.72. The molecule has 0 radical (unpaired) electrons. The number of benzene rings is 1. The van der Waals surface area contributed by atoms with Crippen molar-refractivity contribution in [2.75, 3.05) is 0 Å². The fourth-order valence-electron chi connectivity index (χ4n) is 1.56. The number of aromatic hydroxyl groups is 1. The molecule has 0 aliphatic heterocycles. The van der Waals surface area contributed by atoms with Crippen molar-refractivity contribution < 1.29 is 9.63 Å². The molecule has 0 amide bonds. The quantitative estimate of drug-likeness (QED) is 0.917. The Balaban J connectivity index is 2.21. The zero-order valence-electron chi connectivity index (χ0n) is 10.4. The van der Waals surface area contributed by atoms with Crippen LogP contribution in [-0.4, -0.2) is 15.2 Å². The van der Waals surface area contributed by atoms with Gasteiger partial charge in [0.2, 0.25) is 0 Å². The number of aryl methyl sites for hydroxylation is 1. The summed E-state index contributed by atoms with van der Waals surface area (Å²) in [7, 11) is 0. The Bertz CT molecular complexity index is 538. The van der Waals surface area contributed by atoms with Gasteiger partial charge in [0, 0.05) is 6.42 Å². The second-order valence-corrected chi connectivity index (χ2v) is 5.02. The SMILES string of the molecule is CC(C)CCc1noc(-c2cc(O)ccc2Cl)n1. The fraction of sp³-hybridized carbons (Fsp3) is 0.385. The minimum Gasteiger partial charge on any atom is -0.508 e. The fourth-order valence-corrected chi connectivity index (χ4v) is 1.76. The minimum atomic E-state index is 0.122. The van der Waals surface area contributed by atoms with Crippen molar-refractivity contribution in [2.45, 2.75) is 26.7 Å². The van der Waals surface area contributed by atoms with Crippen molar-refractivity contribution in [1.29, 1.82) is 0 Å². The van der Waals surface area contributed by atoms with Gasteiger partial charge in [-0.05, 0) is 30.5 Å². The highest BCUT2D eigenvalue weighted by atomic mass is 35.5. The van der Waals surface area contributed by atoms with Crippen molar-refractivity contribution in [2.24, 2.45) is 5.92 Å². The molecular formula is C13H15ClN2O2. The maximum absolute atomic E-state index is 9.43. The van der Waals surface area contributed by atoms with E-state index in [1.54, 1.807) is 6.07 Å². The van der Waals surface area contributed by atoms with Crippen LogP contribution in [0.1, 0.15) is 26.1 Å². The Kier molecular flexibility index (Phi) is 3.87. The van der Waals surface area contributed by atoms with Crippen molar-refractivity contribution >= 4 is 11.6 Å². The summed E-state index contributed by atoms with van der Waals surface area (Å²) in [6, 6.07) is 4.63. The molecule has 0 saturated heterocycles. The third-order valence-corrected chi connectivity index (χ3v) is 2.92. The number of nitrogens with zero attached hydrogens (tertiary/aromatic N) is 2. The first kappa shape index (κ1) is 12.9. The van der Waals surface area contributed by atoms with E-state index in [4.69, 9.17) is 16.1 Å². The van der Waals surface area contributed by atoms with Gasteiger partial charge in [-0.2, -0.15) is 4.98 Å². The molecule has 1 heterocycles. The molecule has 5 heteroatoms. The predicted molar refractivity (Wildman–Crippen MR) is 69.6 cm³/mol. The van der Waals surface area contributed by atoms with Crippen LogP contribution in [0.25, 0.3) is 11.5 Å². The number of hydrogen-bond acceptors (Lipinski definition) is 4. The van der Waals surface area contributed by atoms with Gasteiger partial charge in [0.25, 0.3) is 5.89 Å². The first-order valence-electron chi connectivity index (χ1n) is 5.87. The van der Waals surface area contributed by atoms with Crippen molar-refractivity contribution in [1.82, 2.24) is 10.1 Å². The number of rotatable bonds is 4. The third kappa shape index (κ3) is 3.01. The maximum atomic E-state index is 9.43. The van der Waals surface area contributed by atoms with Gasteiger partial charge in [0.05, 0.1) is 10.6 Å². The highest BCUT2D eigenvalue weighted by molar-refractivity contribution is 6.33. The second-order valence-electron chi connectivity index (χ2n) is 4.61. The van der Waals surface area contributed by atoms with Crippen LogP contribution in [0.4, 0.5) is 0 Å². The number of halogens is 1. The zero-order chi connectivity index (χ0) is 13.1. The van der Waals surface area contributed by atoms with E-state index in [-0.39, 0.29) is 5.75 Å². The van der Waals surface area contributed by atoms with Crippen LogP contribution in [0.2, 0.25) is 5.02 Å². The number of aromatic nitrogens is 2. The lowest BCUT2D eigenvalue weighted by molar-refractivity contribution is 0.418. The van der Waals surface area contributed by atoms with E-state index in [9.17, 15) is 5.11 Å². The summed E-state index contributed by atoms with van der Waals surface area (Å²) in [5.41, 5.74) is 0.556. The molecule has 0 spiro atoms. The van der Waals surface area contributed by atoms with Crippen LogP contribution in [0.5, 0.6) is 5.75 Å². The molecule has 0 saturated carbocycles. The first-order valence-corrected chi connectivity index (χ1v) is 6.25. The third-order valence-electron chi connectivity index (χ3n) is 2.59. The van der Waals surface area contributed by atoms with Crippen molar-refractivity contribution in [3.8, 4) is 17.2 Å². The summed E-state index contributed by atoms with van der Waals surface area (Å²) < 4.78 is 5.16. The van der Waals surface area contributed by atoms with E-state index >= 15 is 0 Å². The molecule has 2 aromatic rings. The Morgan fingerprint density at radius 1 is 1.39 bits per heavy atom. The summed E-state index contributed by atoms with van der Waals surface area (Å²) in [4.78, 5) is 4.28. The molecule has 0 atom stereocenters. The van der Waals surface area contributed by atoms with E-state index in [0.717, 1.165) is 12.8 Å². The average molecular weight is 267 g/mol. The van der Waals surface area contributed by atoms with Gasteiger partial charge in [0.1, 0.15) is 5.75 Å². The summed E-state index contributed by atoms with van der Waals surface area (Å²) in [5, 5.41) is 13.8. The zero-order valence-corrected chi connectivity index (χ0v) is 11.1. The average Bonchev–Trinajstić information content (AvgIpc) is 2.78. The molecule has 2 rings (SSSR count). The van der Waals surface area contributed by atoms with Gasteiger partial charge < -0.3 is 9.63 Å².